The van der Waals surface area contributed by atoms with E-state index in [2.05, 4.69) is 37.4 Å². The molecule has 1 nitrogen and oxygen atoms in total. The van der Waals surface area contributed by atoms with Crippen LogP contribution in [0.5, 0.6) is 0 Å². The minimum atomic E-state index is -4.46. The molecule has 0 radical (unpaired) electrons. The van der Waals surface area contributed by atoms with E-state index in [4.69, 9.17) is 0 Å². The van der Waals surface area contributed by atoms with Crippen LogP contribution in [-0.2, 0) is 4.74 Å². The molecule has 8 heteroatoms. The molecular formula is C16H31F5OSi2. The van der Waals surface area contributed by atoms with Crippen LogP contribution in [0.2, 0.25) is 31.2 Å². The third-order valence-corrected chi connectivity index (χ3v) is 9.31. The van der Waals surface area contributed by atoms with Gasteiger partial charge in [0.05, 0.1) is 13.0 Å². The average molecular weight is 391 g/mol. The van der Waals surface area contributed by atoms with Gasteiger partial charge in [-0.2, -0.15) is 22.0 Å². The van der Waals surface area contributed by atoms with Gasteiger partial charge in [-0.3, -0.25) is 0 Å². The number of allylic oxidation sites excluding steroid dienone is 1. The highest BCUT2D eigenvalue weighted by molar-refractivity contribution is 6.77. The maximum atomic E-state index is 13.4. The zero-order valence-electron chi connectivity index (χ0n) is 15.2. The van der Waals surface area contributed by atoms with Crippen LogP contribution in [0.25, 0.3) is 0 Å². The molecule has 0 saturated carbocycles. The second-order valence-corrected chi connectivity index (χ2v) is 14.4. The van der Waals surface area contributed by atoms with E-state index in [-0.39, 0.29) is 9.52 Å². The number of halogens is 5. The Morgan fingerprint density at radius 2 is 1.58 bits per heavy atom. The first kappa shape index (κ1) is 23.8. The quantitative estimate of drug-likeness (QED) is 0.228. The van der Waals surface area contributed by atoms with Crippen LogP contribution in [0.1, 0.15) is 39.5 Å². The molecule has 0 aliphatic carbocycles. The molecular weight excluding hydrogens is 359 g/mol. The van der Waals surface area contributed by atoms with Crippen LogP contribution in [-0.4, -0.2) is 36.5 Å². The Morgan fingerprint density at radius 1 is 1.00 bits per heavy atom. The molecule has 0 amide bonds. The fourth-order valence-corrected chi connectivity index (χ4v) is 6.84. The molecule has 0 saturated heterocycles. The van der Waals surface area contributed by atoms with Crippen LogP contribution in [0.4, 0.5) is 22.0 Å². The van der Waals surface area contributed by atoms with Gasteiger partial charge in [0.2, 0.25) is 0 Å². The zero-order chi connectivity index (χ0) is 18.9. The molecule has 0 spiro atoms. The van der Waals surface area contributed by atoms with Gasteiger partial charge in [0.25, 0.3) is 0 Å². The Balaban J connectivity index is 3.94. The Kier molecular flexibility index (Phi) is 10.6. The number of hydrogen-bond donors (Lipinski definition) is 0. The number of ether oxygens (including phenoxy) is 1. The topological polar surface area (TPSA) is 9.23 Å². The maximum absolute atomic E-state index is 13.4. The van der Waals surface area contributed by atoms with Crippen molar-refractivity contribution < 1.29 is 26.7 Å². The third-order valence-electron chi connectivity index (χ3n) is 3.88. The highest BCUT2D eigenvalue weighted by Crippen LogP contribution is 2.29. The van der Waals surface area contributed by atoms with Gasteiger partial charge in [-0.15, -0.1) is 5.70 Å². The van der Waals surface area contributed by atoms with Gasteiger partial charge in [0.15, 0.2) is 0 Å². The molecule has 0 aromatic rings. The molecule has 0 atom stereocenters. The van der Waals surface area contributed by atoms with Crippen molar-refractivity contribution in [3.05, 3.63) is 11.3 Å². The summed E-state index contributed by atoms with van der Waals surface area (Å²) in [7, 11) is -1.65. The number of rotatable bonds is 12. The Hall–Kier alpha value is -0.216. The van der Waals surface area contributed by atoms with Gasteiger partial charge >= 0.3 is 12.3 Å². The zero-order valence-corrected chi connectivity index (χ0v) is 17.7. The standard InChI is InChI=1S/C16H31F5OSi2/c1-14(2)13-23-10-6-12-24(3,4)11-5-7-16(20,21)22-9-8-15(17,18)19/h13H,5-12,23H2,1-4H3. The van der Waals surface area contributed by atoms with Crippen molar-refractivity contribution in [3.63, 3.8) is 0 Å². The van der Waals surface area contributed by atoms with E-state index in [1.807, 2.05) is 0 Å². The van der Waals surface area contributed by atoms with E-state index in [0.717, 1.165) is 18.5 Å². The van der Waals surface area contributed by atoms with Crippen molar-refractivity contribution in [3.8, 4) is 0 Å². The summed E-state index contributed by atoms with van der Waals surface area (Å²) >= 11 is 0. The molecule has 0 N–H and O–H groups in total. The molecule has 0 aromatic heterocycles. The first-order valence-electron chi connectivity index (χ1n) is 8.55. The summed E-state index contributed by atoms with van der Waals surface area (Å²) in [5.41, 5.74) is 3.71. The van der Waals surface area contributed by atoms with Crippen molar-refractivity contribution in [1.29, 1.82) is 0 Å². The highest BCUT2D eigenvalue weighted by Gasteiger charge is 2.34. The Morgan fingerprint density at radius 3 is 2.12 bits per heavy atom. The third kappa shape index (κ3) is 15.3. The molecule has 24 heavy (non-hydrogen) atoms. The monoisotopic (exact) mass is 390 g/mol. The van der Waals surface area contributed by atoms with Gasteiger partial charge in [-0.1, -0.05) is 43.2 Å². The average Bonchev–Trinajstić information content (AvgIpc) is 2.35. The van der Waals surface area contributed by atoms with Crippen molar-refractivity contribution >= 4 is 17.6 Å². The fourth-order valence-electron chi connectivity index (χ4n) is 2.42. The van der Waals surface area contributed by atoms with Crippen LogP contribution in [0.3, 0.4) is 0 Å². The van der Waals surface area contributed by atoms with Crippen LogP contribution in [0, 0.1) is 0 Å². The summed E-state index contributed by atoms with van der Waals surface area (Å²) in [6.07, 6.45) is -8.27. The van der Waals surface area contributed by atoms with E-state index < -0.39 is 39.8 Å². The van der Waals surface area contributed by atoms with Gasteiger partial charge < -0.3 is 4.74 Å². The normalized spacial score (nSPS) is 13.7. The van der Waals surface area contributed by atoms with E-state index in [1.165, 1.54) is 11.6 Å². The van der Waals surface area contributed by atoms with Crippen LogP contribution in [0.15, 0.2) is 11.3 Å². The fraction of sp³-hybridized carbons (Fsp3) is 0.875. The predicted octanol–water partition coefficient (Wildman–Crippen LogP) is 5.94. The maximum Gasteiger partial charge on any atom is 0.391 e. The Labute approximate surface area is 145 Å². The van der Waals surface area contributed by atoms with E-state index in [1.54, 1.807) is 0 Å². The molecule has 144 valence electrons. The minimum absolute atomic E-state index is 0.140. The lowest BCUT2D eigenvalue weighted by atomic mass is 10.3. The molecule has 0 heterocycles. The lowest BCUT2D eigenvalue weighted by Gasteiger charge is -2.24. The van der Waals surface area contributed by atoms with E-state index in [9.17, 15) is 22.0 Å². The minimum Gasteiger partial charge on any atom is -0.320 e. The van der Waals surface area contributed by atoms with Gasteiger partial charge in [-0.25, -0.2) is 0 Å². The molecule has 0 aliphatic rings. The van der Waals surface area contributed by atoms with E-state index in [0.29, 0.717) is 6.42 Å². The van der Waals surface area contributed by atoms with Crippen LogP contribution >= 0.6 is 0 Å². The molecule has 0 fully saturated rings. The molecule has 0 bridgehead atoms. The van der Waals surface area contributed by atoms with Gasteiger partial charge in [0.1, 0.15) is 0 Å². The van der Waals surface area contributed by atoms with Gasteiger partial charge in [-0.05, 0) is 20.3 Å². The largest absolute Gasteiger partial charge is 0.391 e. The first-order chi connectivity index (χ1) is 10.8. The number of alkyl halides is 5. The van der Waals surface area contributed by atoms with Crippen molar-refractivity contribution in [2.24, 2.45) is 0 Å². The SMILES string of the molecule is CC(C)=C[SiH2]CCC[Si](C)(C)CCCC(F)(F)OCCC(F)(F)F. The summed E-state index contributed by atoms with van der Waals surface area (Å²) in [5, 5.41) is 0. The van der Waals surface area contributed by atoms with Crippen molar-refractivity contribution in [2.75, 3.05) is 6.61 Å². The van der Waals surface area contributed by atoms with E-state index >= 15 is 0 Å². The lowest BCUT2D eigenvalue weighted by molar-refractivity contribution is -0.254. The summed E-state index contributed by atoms with van der Waals surface area (Å²) in [4.78, 5) is 0. The number of hydrogen-bond acceptors (Lipinski definition) is 1. The predicted molar refractivity (Wildman–Crippen MR) is 95.3 cm³/mol. The summed E-state index contributed by atoms with van der Waals surface area (Å²) in [6, 6.07) is 3.13. The summed E-state index contributed by atoms with van der Waals surface area (Å²) < 4.78 is 66.8. The van der Waals surface area contributed by atoms with Crippen LogP contribution < -0.4 is 0 Å². The van der Waals surface area contributed by atoms with Gasteiger partial charge in [0, 0.05) is 24.0 Å². The van der Waals surface area contributed by atoms with Crippen molar-refractivity contribution in [1.82, 2.24) is 0 Å². The molecule has 0 unspecified atom stereocenters. The smallest absolute Gasteiger partial charge is 0.320 e. The second-order valence-electron chi connectivity index (χ2n) is 7.40. The molecule has 0 aliphatic heterocycles. The first-order valence-corrected chi connectivity index (χ1v) is 13.8. The summed E-state index contributed by atoms with van der Waals surface area (Å²) in [6.45, 7) is 7.61. The summed E-state index contributed by atoms with van der Waals surface area (Å²) in [5.74, 6) is 0. The highest BCUT2D eigenvalue weighted by atomic mass is 28.3. The molecule has 0 aromatic carbocycles. The Bertz CT molecular complexity index is 377. The van der Waals surface area contributed by atoms with Crippen molar-refractivity contribution in [2.45, 2.75) is 83.0 Å². The lowest BCUT2D eigenvalue weighted by Crippen LogP contribution is -2.28. The molecule has 0 rings (SSSR count). The second kappa shape index (κ2) is 10.7.